The number of anilines is 1. The smallest absolute Gasteiger partial charge is 0.232 e. The fourth-order valence-corrected chi connectivity index (χ4v) is 3.74. The number of carbonyl (C=O) groups excluding carboxylic acids is 1. The van der Waals surface area contributed by atoms with Crippen LogP contribution in [0.2, 0.25) is 5.02 Å². The van der Waals surface area contributed by atoms with Gasteiger partial charge in [-0.1, -0.05) is 34.5 Å². The van der Waals surface area contributed by atoms with Gasteiger partial charge in [0.1, 0.15) is 0 Å². The lowest BCUT2D eigenvalue weighted by atomic mass is 10.1. The van der Waals surface area contributed by atoms with Gasteiger partial charge in [-0.2, -0.15) is 4.98 Å². The summed E-state index contributed by atoms with van der Waals surface area (Å²) in [4.78, 5) is 18.9. The minimum Gasteiger partial charge on any atom is -0.339 e. The van der Waals surface area contributed by atoms with Crippen molar-refractivity contribution in [1.29, 1.82) is 0 Å². The Morgan fingerprint density at radius 1 is 1.11 bits per heavy atom. The number of halogens is 1. The topological polar surface area (TPSA) is 59.2 Å². The zero-order valence-corrected chi connectivity index (χ0v) is 16.2. The van der Waals surface area contributed by atoms with Crippen molar-refractivity contribution in [2.45, 2.75) is 33.1 Å². The lowest BCUT2D eigenvalue weighted by molar-refractivity contribution is -0.117. The average molecular weight is 382 g/mol. The molecule has 1 aliphatic heterocycles. The first-order valence-electron chi connectivity index (χ1n) is 8.90. The van der Waals surface area contributed by atoms with Crippen LogP contribution in [-0.2, 0) is 4.79 Å². The van der Waals surface area contributed by atoms with E-state index in [9.17, 15) is 4.79 Å². The molecule has 0 aliphatic carbocycles. The van der Waals surface area contributed by atoms with E-state index in [2.05, 4.69) is 16.2 Å². The molecule has 138 valence electrons. The van der Waals surface area contributed by atoms with Gasteiger partial charge in [-0.15, -0.1) is 0 Å². The first-order valence-corrected chi connectivity index (χ1v) is 9.28. The molecule has 1 atom stereocenters. The Kier molecular flexibility index (Phi) is 4.48. The second-order valence-electron chi connectivity index (χ2n) is 7.11. The van der Waals surface area contributed by atoms with E-state index in [1.807, 2.05) is 45.0 Å². The van der Waals surface area contributed by atoms with Gasteiger partial charge in [0, 0.05) is 29.2 Å². The molecule has 0 spiro atoms. The first-order chi connectivity index (χ1) is 12.9. The van der Waals surface area contributed by atoms with Gasteiger partial charge < -0.3 is 9.42 Å². The van der Waals surface area contributed by atoms with Gasteiger partial charge in [0.2, 0.25) is 17.6 Å². The fraction of sp³-hybridized carbons (Fsp3) is 0.286. The second-order valence-corrected chi connectivity index (χ2v) is 7.55. The Morgan fingerprint density at radius 2 is 1.93 bits per heavy atom. The molecule has 0 N–H and O–H groups in total. The number of rotatable bonds is 3. The van der Waals surface area contributed by atoms with E-state index in [1.54, 1.807) is 11.0 Å². The van der Waals surface area contributed by atoms with Crippen LogP contribution in [0.1, 0.15) is 34.9 Å². The molecule has 0 bridgehead atoms. The van der Waals surface area contributed by atoms with Gasteiger partial charge in [-0.25, -0.2) is 0 Å². The third-order valence-electron chi connectivity index (χ3n) is 5.00. The molecule has 0 saturated carbocycles. The van der Waals surface area contributed by atoms with E-state index >= 15 is 0 Å². The summed E-state index contributed by atoms with van der Waals surface area (Å²) in [5, 5.41) is 4.81. The highest BCUT2D eigenvalue weighted by atomic mass is 35.5. The molecule has 2 heterocycles. The van der Waals surface area contributed by atoms with E-state index in [0.29, 0.717) is 29.7 Å². The Morgan fingerprint density at radius 3 is 2.70 bits per heavy atom. The van der Waals surface area contributed by atoms with Gasteiger partial charge in [0.15, 0.2) is 0 Å². The highest BCUT2D eigenvalue weighted by Crippen LogP contribution is 2.34. The summed E-state index contributed by atoms with van der Waals surface area (Å²) in [5.41, 5.74) is 5.04. The normalized spacial score (nSPS) is 17.0. The molecule has 27 heavy (non-hydrogen) atoms. The first kappa shape index (κ1) is 17.7. The minimum atomic E-state index is -0.112. The van der Waals surface area contributed by atoms with Gasteiger partial charge in [0.05, 0.1) is 5.92 Å². The van der Waals surface area contributed by atoms with Crippen LogP contribution in [0.3, 0.4) is 0 Å². The zero-order chi connectivity index (χ0) is 19.1. The number of hydrogen-bond donors (Lipinski definition) is 0. The highest BCUT2D eigenvalue weighted by Gasteiger charge is 2.35. The molecular weight excluding hydrogens is 362 g/mol. The van der Waals surface area contributed by atoms with Crippen molar-refractivity contribution < 1.29 is 9.32 Å². The fourth-order valence-electron chi connectivity index (χ4n) is 3.51. The van der Waals surface area contributed by atoms with Gasteiger partial charge in [-0.05, 0) is 56.2 Å². The van der Waals surface area contributed by atoms with Crippen LogP contribution in [0, 0.1) is 20.8 Å². The number of benzene rings is 2. The highest BCUT2D eigenvalue weighted by molar-refractivity contribution is 6.30. The van der Waals surface area contributed by atoms with Crippen LogP contribution in [-0.4, -0.2) is 22.6 Å². The summed E-state index contributed by atoms with van der Waals surface area (Å²) in [7, 11) is 0. The minimum absolute atomic E-state index is 0.0527. The summed E-state index contributed by atoms with van der Waals surface area (Å²) in [6, 6.07) is 11.7. The molecule has 2 aromatic carbocycles. The molecule has 0 radical (unpaired) electrons. The Labute approximate surface area is 163 Å². The zero-order valence-electron chi connectivity index (χ0n) is 15.5. The molecule has 4 rings (SSSR count). The van der Waals surface area contributed by atoms with Crippen LogP contribution in [0.5, 0.6) is 0 Å². The van der Waals surface area contributed by atoms with E-state index in [0.717, 1.165) is 27.9 Å². The predicted molar refractivity (Wildman–Crippen MR) is 105 cm³/mol. The Hall–Kier alpha value is -2.66. The monoisotopic (exact) mass is 381 g/mol. The molecule has 1 aromatic heterocycles. The van der Waals surface area contributed by atoms with Crippen molar-refractivity contribution >= 4 is 23.2 Å². The number of carbonyl (C=O) groups is 1. The number of amides is 1. The third-order valence-corrected chi connectivity index (χ3v) is 5.23. The maximum atomic E-state index is 12.6. The van der Waals surface area contributed by atoms with Crippen LogP contribution in [0.25, 0.3) is 11.4 Å². The Bertz CT molecular complexity index is 1030. The third kappa shape index (κ3) is 3.35. The number of nitrogens with zero attached hydrogens (tertiary/aromatic N) is 3. The number of aromatic nitrogens is 2. The van der Waals surface area contributed by atoms with E-state index < -0.39 is 0 Å². The van der Waals surface area contributed by atoms with Gasteiger partial charge >= 0.3 is 0 Å². The van der Waals surface area contributed by atoms with Crippen molar-refractivity contribution in [3.63, 3.8) is 0 Å². The van der Waals surface area contributed by atoms with Crippen molar-refractivity contribution in [1.82, 2.24) is 10.1 Å². The average Bonchev–Trinajstić information content (AvgIpc) is 3.24. The lowest BCUT2D eigenvalue weighted by Crippen LogP contribution is -2.25. The summed E-state index contributed by atoms with van der Waals surface area (Å²) in [6.07, 6.45) is 0.358. The van der Waals surface area contributed by atoms with Crippen LogP contribution >= 0.6 is 11.6 Å². The molecule has 5 nitrogen and oxygen atoms in total. The van der Waals surface area contributed by atoms with E-state index in [4.69, 9.17) is 16.1 Å². The van der Waals surface area contributed by atoms with Crippen molar-refractivity contribution in [3.8, 4) is 11.4 Å². The standard InChI is InChI=1S/C21H20ClN3O2/c1-12-4-5-13(2)17(8-12)20-23-21(27-24-20)15-10-19(26)25(11-15)18-7-6-16(22)9-14(18)3/h4-9,15H,10-11H2,1-3H3. The van der Waals surface area contributed by atoms with Crippen molar-refractivity contribution in [3.05, 3.63) is 64.0 Å². The molecule has 3 aromatic rings. The maximum absolute atomic E-state index is 12.6. The predicted octanol–water partition coefficient (Wildman–Crippen LogP) is 4.84. The van der Waals surface area contributed by atoms with E-state index in [-0.39, 0.29) is 11.8 Å². The summed E-state index contributed by atoms with van der Waals surface area (Å²) >= 11 is 6.03. The summed E-state index contributed by atoms with van der Waals surface area (Å²) < 4.78 is 5.52. The number of hydrogen-bond acceptors (Lipinski definition) is 4. The van der Waals surface area contributed by atoms with Crippen molar-refractivity contribution in [2.24, 2.45) is 0 Å². The molecule has 1 fully saturated rings. The largest absolute Gasteiger partial charge is 0.339 e. The van der Waals surface area contributed by atoms with Crippen LogP contribution < -0.4 is 4.90 Å². The number of aryl methyl sites for hydroxylation is 3. The van der Waals surface area contributed by atoms with Crippen molar-refractivity contribution in [2.75, 3.05) is 11.4 Å². The van der Waals surface area contributed by atoms with Crippen LogP contribution in [0.4, 0.5) is 5.69 Å². The molecule has 6 heteroatoms. The molecule has 1 aliphatic rings. The Balaban J connectivity index is 1.60. The lowest BCUT2D eigenvalue weighted by Gasteiger charge is -2.18. The molecule has 1 unspecified atom stereocenters. The second kappa shape index (κ2) is 6.82. The summed E-state index contributed by atoms with van der Waals surface area (Å²) in [5.74, 6) is 1.02. The van der Waals surface area contributed by atoms with Crippen LogP contribution in [0.15, 0.2) is 40.9 Å². The SMILES string of the molecule is Cc1ccc(C)c(-c2noc(C3CC(=O)N(c4ccc(Cl)cc4C)C3)n2)c1. The summed E-state index contributed by atoms with van der Waals surface area (Å²) in [6.45, 7) is 6.53. The maximum Gasteiger partial charge on any atom is 0.232 e. The van der Waals surface area contributed by atoms with Gasteiger partial charge in [0.25, 0.3) is 0 Å². The quantitative estimate of drug-likeness (QED) is 0.651. The van der Waals surface area contributed by atoms with Gasteiger partial charge in [-0.3, -0.25) is 4.79 Å². The molecule has 1 amide bonds. The molecular formula is C21H20ClN3O2. The molecule has 1 saturated heterocycles. The van der Waals surface area contributed by atoms with E-state index in [1.165, 1.54) is 0 Å².